The van der Waals surface area contributed by atoms with Crippen LogP contribution in [0.5, 0.6) is 0 Å². The van der Waals surface area contributed by atoms with Gasteiger partial charge in [-0.1, -0.05) is 6.08 Å². The van der Waals surface area contributed by atoms with Crippen LogP contribution in [0.2, 0.25) is 0 Å². The first kappa shape index (κ1) is 19.9. The number of β-amino-alcohol motifs (C(OH)–C–C–N with tert-alkyl or cyclic N) is 1. The van der Waals surface area contributed by atoms with E-state index in [1.54, 1.807) is 25.3 Å². The summed E-state index contributed by atoms with van der Waals surface area (Å²) in [7, 11) is 0. The zero-order valence-electron chi connectivity index (χ0n) is 14.8. The summed E-state index contributed by atoms with van der Waals surface area (Å²) < 4.78 is 0. The molecule has 26 heavy (non-hydrogen) atoms. The standard InChI is InChI=1S/C18H24ClN5O2/c1-13(25)9-14(3-6-19)10-16(17-4-7-21-12-22-17)18(23-20-2)24-8-5-15(26)11-24/h3-4,7,9,12,15,23,25-26H,2,5-6,8,10-11H2,1H3/b13-9+,14-3+,18-16-. The maximum atomic E-state index is 9.92. The van der Waals surface area contributed by atoms with Gasteiger partial charge in [-0.15, -0.1) is 11.6 Å². The van der Waals surface area contributed by atoms with Crippen LogP contribution in [0.3, 0.4) is 0 Å². The van der Waals surface area contributed by atoms with E-state index in [-0.39, 0.29) is 11.9 Å². The molecule has 1 fully saturated rings. The van der Waals surface area contributed by atoms with Gasteiger partial charge in [-0.05, 0) is 31.1 Å². The minimum Gasteiger partial charge on any atom is -0.513 e. The van der Waals surface area contributed by atoms with Crippen LogP contribution in [0, 0.1) is 0 Å². The van der Waals surface area contributed by atoms with Crippen LogP contribution in [0.25, 0.3) is 5.57 Å². The highest BCUT2D eigenvalue weighted by Gasteiger charge is 2.25. The SMILES string of the molecule is C=NN/C(=C(\CC(=C/CCl)/C=C(\C)O)c1ccncn1)N1CCC(O)C1. The second-order valence-electron chi connectivity index (χ2n) is 5.98. The Kier molecular flexibility index (Phi) is 7.62. The first-order valence-corrected chi connectivity index (χ1v) is 8.85. The number of rotatable bonds is 8. The summed E-state index contributed by atoms with van der Waals surface area (Å²) in [5.74, 6) is 1.23. The molecule has 1 aromatic heterocycles. The van der Waals surface area contributed by atoms with Gasteiger partial charge in [0, 0.05) is 43.9 Å². The maximum Gasteiger partial charge on any atom is 0.128 e. The lowest BCUT2D eigenvalue weighted by Gasteiger charge is -2.25. The highest BCUT2D eigenvalue weighted by Crippen LogP contribution is 2.28. The van der Waals surface area contributed by atoms with E-state index in [0.29, 0.717) is 31.8 Å². The van der Waals surface area contributed by atoms with Gasteiger partial charge in [-0.25, -0.2) is 9.97 Å². The number of aromatic nitrogens is 2. The van der Waals surface area contributed by atoms with E-state index in [1.807, 2.05) is 11.0 Å². The predicted octanol–water partition coefficient (Wildman–Crippen LogP) is 2.43. The van der Waals surface area contributed by atoms with E-state index in [9.17, 15) is 10.2 Å². The Morgan fingerprint density at radius 3 is 2.92 bits per heavy atom. The molecule has 0 amide bonds. The van der Waals surface area contributed by atoms with Crippen molar-refractivity contribution < 1.29 is 10.2 Å². The molecule has 140 valence electrons. The van der Waals surface area contributed by atoms with Crippen molar-refractivity contribution in [3.63, 3.8) is 0 Å². The molecule has 0 aliphatic carbocycles. The number of aliphatic hydroxyl groups is 2. The fourth-order valence-electron chi connectivity index (χ4n) is 2.87. The number of nitrogens with one attached hydrogen (secondary N) is 1. The monoisotopic (exact) mass is 377 g/mol. The number of hydrogen-bond acceptors (Lipinski definition) is 7. The van der Waals surface area contributed by atoms with E-state index in [1.165, 1.54) is 6.33 Å². The number of hydrazone groups is 1. The normalized spacial score (nSPS) is 19.3. The number of nitrogens with zero attached hydrogens (tertiary/aromatic N) is 4. The molecular formula is C18H24ClN5O2. The van der Waals surface area contributed by atoms with Crippen molar-refractivity contribution in [1.29, 1.82) is 0 Å². The van der Waals surface area contributed by atoms with E-state index >= 15 is 0 Å². The van der Waals surface area contributed by atoms with Gasteiger partial charge in [-0.3, -0.25) is 5.43 Å². The second kappa shape index (κ2) is 9.94. The van der Waals surface area contributed by atoms with Crippen LogP contribution >= 0.6 is 11.6 Å². The van der Waals surface area contributed by atoms with Crippen molar-refractivity contribution in [2.75, 3.05) is 19.0 Å². The van der Waals surface area contributed by atoms with E-state index in [0.717, 1.165) is 22.7 Å². The van der Waals surface area contributed by atoms with Gasteiger partial charge in [0.05, 0.1) is 17.6 Å². The zero-order valence-corrected chi connectivity index (χ0v) is 15.5. The molecular weight excluding hydrogens is 354 g/mol. The van der Waals surface area contributed by atoms with Crippen molar-refractivity contribution in [2.24, 2.45) is 5.10 Å². The van der Waals surface area contributed by atoms with Crippen LogP contribution in [0.15, 0.2) is 53.0 Å². The lowest BCUT2D eigenvalue weighted by atomic mass is 10.0. The Labute approximate surface area is 158 Å². The third kappa shape index (κ3) is 5.57. The fraction of sp³-hybridized carbons (Fsp3) is 0.389. The molecule has 1 unspecified atom stereocenters. The van der Waals surface area contributed by atoms with Gasteiger partial charge >= 0.3 is 0 Å². The number of likely N-dealkylation sites (tertiary alicyclic amines) is 1. The quantitative estimate of drug-likeness (QED) is 0.212. The minimum absolute atomic E-state index is 0.191. The highest BCUT2D eigenvalue weighted by molar-refractivity contribution is 6.19. The molecule has 0 radical (unpaired) electrons. The average Bonchev–Trinajstić information content (AvgIpc) is 3.04. The Morgan fingerprint density at radius 2 is 2.38 bits per heavy atom. The zero-order chi connectivity index (χ0) is 18.9. The van der Waals surface area contributed by atoms with Gasteiger partial charge in [0.15, 0.2) is 0 Å². The first-order valence-electron chi connectivity index (χ1n) is 8.31. The molecule has 1 aliphatic heterocycles. The summed E-state index contributed by atoms with van der Waals surface area (Å²) in [5, 5.41) is 23.4. The molecule has 1 aliphatic rings. The molecule has 0 bridgehead atoms. The minimum atomic E-state index is -0.388. The van der Waals surface area contributed by atoms with Crippen LogP contribution in [0.4, 0.5) is 0 Å². The summed E-state index contributed by atoms with van der Waals surface area (Å²) in [5.41, 5.74) is 5.36. The Balaban J connectivity index is 2.52. The molecule has 1 atom stereocenters. The summed E-state index contributed by atoms with van der Waals surface area (Å²) in [6.07, 6.45) is 7.40. The van der Waals surface area contributed by atoms with E-state index in [2.05, 4.69) is 27.2 Å². The number of alkyl halides is 1. The summed E-state index contributed by atoms with van der Waals surface area (Å²) >= 11 is 5.88. The molecule has 8 heteroatoms. The van der Waals surface area contributed by atoms with Gasteiger partial charge in [0.25, 0.3) is 0 Å². The average molecular weight is 378 g/mol. The molecule has 2 rings (SSSR count). The third-order valence-corrected chi connectivity index (χ3v) is 4.11. The number of halogens is 1. The van der Waals surface area contributed by atoms with Crippen LogP contribution < -0.4 is 5.43 Å². The molecule has 0 spiro atoms. The Morgan fingerprint density at radius 1 is 1.58 bits per heavy atom. The highest BCUT2D eigenvalue weighted by atomic mass is 35.5. The number of aliphatic hydroxyl groups excluding tert-OH is 2. The van der Waals surface area contributed by atoms with Crippen molar-refractivity contribution in [3.05, 3.63) is 53.6 Å². The van der Waals surface area contributed by atoms with Crippen LogP contribution in [-0.2, 0) is 0 Å². The lowest BCUT2D eigenvalue weighted by Crippen LogP contribution is -2.30. The van der Waals surface area contributed by atoms with E-state index < -0.39 is 0 Å². The van der Waals surface area contributed by atoms with Crippen molar-refractivity contribution >= 4 is 23.9 Å². The molecule has 0 saturated carbocycles. The van der Waals surface area contributed by atoms with Crippen LogP contribution in [-0.4, -0.2) is 56.9 Å². The molecule has 3 N–H and O–H groups in total. The topological polar surface area (TPSA) is 93.9 Å². The lowest BCUT2D eigenvalue weighted by molar-refractivity contribution is 0.182. The molecule has 1 aromatic rings. The Bertz CT molecular complexity index is 699. The summed E-state index contributed by atoms with van der Waals surface area (Å²) in [6.45, 7) is 6.32. The van der Waals surface area contributed by atoms with Crippen LogP contribution in [0.1, 0.15) is 25.5 Å². The Hall–Kier alpha value is -2.38. The molecule has 7 nitrogen and oxygen atoms in total. The van der Waals surface area contributed by atoms with Gasteiger partial charge in [0.2, 0.25) is 0 Å². The predicted molar refractivity (Wildman–Crippen MR) is 104 cm³/mol. The largest absolute Gasteiger partial charge is 0.513 e. The number of allylic oxidation sites excluding steroid dienone is 5. The van der Waals surface area contributed by atoms with E-state index in [4.69, 9.17) is 11.6 Å². The first-order chi connectivity index (χ1) is 12.5. The molecule has 2 heterocycles. The second-order valence-corrected chi connectivity index (χ2v) is 6.28. The summed E-state index contributed by atoms with van der Waals surface area (Å²) in [6, 6.07) is 1.81. The summed E-state index contributed by atoms with van der Waals surface area (Å²) in [4.78, 5) is 10.4. The smallest absolute Gasteiger partial charge is 0.128 e. The fourth-order valence-corrected chi connectivity index (χ4v) is 3.07. The van der Waals surface area contributed by atoms with Crippen molar-refractivity contribution in [1.82, 2.24) is 20.3 Å². The van der Waals surface area contributed by atoms with Crippen molar-refractivity contribution in [2.45, 2.75) is 25.9 Å². The van der Waals surface area contributed by atoms with Gasteiger partial charge in [0.1, 0.15) is 12.1 Å². The maximum absolute atomic E-state index is 9.92. The van der Waals surface area contributed by atoms with Crippen molar-refractivity contribution in [3.8, 4) is 0 Å². The van der Waals surface area contributed by atoms with Gasteiger partial charge < -0.3 is 15.1 Å². The van der Waals surface area contributed by atoms with Gasteiger partial charge in [-0.2, -0.15) is 5.10 Å². The molecule has 1 saturated heterocycles. The third-order valence-electron chi connectivity index (χ3n) is 3.96. The number of hydrogen-bond donors (Lipinski definition) is 3. The molecule has 0 aromatic carbocycles.